The number of aryl methyl sites for hydroxylation is 3. The number of rotatable bonds is 5. The third-order valence-corrected chi connectivity index (χ3v) is 3.39. The molecule has 21 heavy (non-hydrogen) atoms. The van der Waals surface area contributed by atoms with Gasteiger partial charge in [0.05, 0.1) is 14.2 Å². The Morgan fingerprint density at radius 1 is 1.48 bits per heavy atom. The molecule has 2 aromatic heterocycles. The molecular formula is C15H23N3O3. The maximum atomic E-state index is 12.9. The summed E-state index contributed by atoms with van der Waals surface area (Å²) >= 11 is 0. The summed E-state index contributed by atoms with van der Waals surface area (Å²) in [5.74, 6) is 0. The van der Waals surface area contributed by atoms with Gasteiger partial charge in [0.1, 0.15) is 5.65 Å². The number of hydrogen-bond acceptors (Lipinski definition) is 3. The van der Waals surface area contributed by atoms with Crippen molar-refractivity contribution in [3.05, 3.63) is 32.6 Å². The maximum absolute atomic E-state index is 12.9. The summed E-state index contributed by atoms with van der Waals surface area (Å²) in [6.45, 7) is -4.52. The first-order chi connectivity index (χ1) is 13.0. The van der Waals surface area contributed by atoms with Crippen LogP contribution in [0.2, 0.25) is 0 Å². The summed E-state index contributed by atoms with van der Waals surface area (Å²) in [5.41, 5.74) is -1.74. The van der Waals surface area contributed by atoms with Crippen molar-refractivity contribution in [1.82, 2.24) is 13.7 Å². The predicted molar refractivity (Wildman–Crippen MR) is 82.7 cm³/mol. The molecule has 1 atom stereocenters. The van der Waals surface area contributed by atoms with E-state index in [0.717, 1.165) is 4.57 Å². The number of unbranched alkanes of at least 4 members (excludes halogenated alkanes) is 1. The molecule has 2 rings (SSSR count). The van der Waals surface area contributed by atoms with Gasteiger partial charge in [-0.3, -0.25) is 13.9 Å². The van der Waals surface area contributed by atoms with Crippen LogP contribution in [0.4, 0.5) is 0 Å². The number of aliphatic hydroxyl groups is 1. The molecule has 6 nitrogen and oxygen atoms in total. The third kappa shape index (κ3) is 2.81. The molecule has 2 aromatic rings. The van der Waals surface area contributed by atoms with Gasteiger partial charge >= 0.3 is 5.69 Å². The number of nitrogens with zero attached hydrogens (tertiary/aromatic N) is 3. The molecule has 0 saturated heterocycles. The molecule has 0 aromatic carbocycles. The molecule has 0 radical (unpaired) electrons. The quantitative estimate of drug-likeness (QED) is 0.834. The molecular weight excluding hydrogens is 270 g/mol. The molecule has 0 spiro atoms. The van der Waals surface area contributed by atoms with Crippen LogP contribution in [-0.4, -0.2) is 24.9 Å². The van der Waals surface area contributed by atoms with Crippen LogP contribution in [0.15, 0.2) is 15.8 Å². The fourth-order valence-electron chi connectivity index (χ4n) is 2.41. The van der Waals surface area contributed by atoms with Crippen LogP contribution in [0, 0.1) is 6.92 Å². The van der Waals surface area contributed by atoms with E-state index in [0.29, 0.717) is 4.57 Å². The first-order valence-corrected chi connectivity index (χ1v) is 6.56. The van der Waals surface area contributed by atoms with E-state index in [-0.39, 0.29) is 42.2 Å². The zero-order valence-corrected chi connectivity index (χ0v) is 11.9. The third-order valence-electron chi connectivity index (χ3n) is 3.39. The van der Waals surface area contributed by atoms with Gasteiger partial charge in [-0.25, -0.2) is 4.79 Å². The highest BCUT2D eigenvalue weighted by molar-refractivity contribution is 5.79. The van der Waals surface area contributed by atoms with E-state index < -0.39 is 37.6 Å². The Morgan fingerprint density at radius 2 is 2.24 bits per heavy atom. The summed E-state index contributed by atoms with van der Waals surface area (Å²) in [5, 5.41) is 9.64. The van der Waals surface area contributed by atoms with E-state index >= 15 is 0 Å². The zero-order valence-electron chi connectivity index (χ0n) is 19.9. The lowest BCUT2D eigenvalue weighted by Crippen LogP contribution is -2.39. The van der Waals surface area contributed by atoms with Crippen LogP contribution in [0.5, 0.6) is 0 Å². The van der Waals surface area contributed by atoms with Crippen LogP contribution >= 0.6 is 0 Å². The van der Waals surface area contributed by atoms with Gasteiger partial charge in [-0.05, 0) is 38.6 Å². The maximum Gasteiger partial charge on any atom is 0.332 e. The van der Waals surface area contributed by atoms with E-state index in [1.54, 1.807) is 0 Å². The Labute approximate surface area is 134 Å². The topological polar surface area (TPSA) is 69.2 Å². The summed E-state index contributed by atoms with van der Waals surface area (Å²) < 4.78 is 62.4. The van der Waals surface area contributed by atoms with Crippen LogP contribution in [0.25, 0.3) is 11.0 Å². The minimum Gasteiger partial charge on any atom is -0.393 e. The molecule has 0 bridgehead atoms. The SMILES string of the molecule is [2H]c1c(C)c2c(=O)n(CCCCC([2H])(O)C([2H])([2H])[2H])c(=O)n(C([2H])([2H])[2H])c2n1C. The van der Waals surface area contributed by atoms with Crippen LogP contribution < -0.4 is 11.2 Å². The lowest BCUT2D eigenvalue weighted by Gasteiger charge is -2.10. The van der Waals surface area contributed by atoms with Gasteiger partial charge in [0, 0.05) is 35.0 Å². The van der Waals surface area contributed by atoms with Crippen molar-refractivity contribution in [3.63, 3.8) is 0 Å². The molecule has 116 valence electrons. The standard InChI is InChI=1S/C15H23N3O3/c1-10-9-16(3)13-12(10)14(20)18(15(21)17(13)4)8-6-5-7-11(2)19/h9,11,19H,5-8H2,1-4H3/i2D3,4D3,9D,11D. The molecule has 0 saturated carbocycles. The molecule has 2 heterocycles. The first kappa shape index (κ1) is 7.98. The highest BCUT2D eigenvalue weighted by Gasteiger charge is 2.15. The van der Waals surface area contributed by atoms with Crippen molar-refractivity contribution < 1.29 is 16.1 Å². The molecule has 0 aliphatic rings. The average Bonchev–Trinajstić information content (AvgIpc) is 2.76. The minimum absolute atomic E-state index is 0.0214. The molecule has 1 N–H and O–H groups in total. The Kier molecular flexibility index (Phi) is 2.24. The van der Waals surface area contributed by atoms with Gasteiger partial charge in [-0.1, -0.05) is 0 Å². The fourth-order valence-corrected chi connectivity index (χ4v) is 2.41. The summed E-state index contributed by atoms with van der Waals surface area (Å²) in [6.07, 6.45) is -3.07. The Hall–Kier alpha value is -1.82. The number of fused-ring (bicyclic) bond motifs is 1. The Bertz CT molecular complexity index is 1040. The number of aromatic nitrogens is 3. The fraction of sp³-hybridized carbons (Fsp3) is 0.600. The van der Waals surface area contributed by atoms with E-state index in [1.165, 1.54) is 18.5 Å². The Morgan fingerprint density at radius 3 is 2.90 bits per heavy atom. The molecule has 0 aliphatic heterocycles. The lowest BCUT2D eigenvalue weighted by molar-refractivity contribution is 0.180. The van der Waals surface area contributed by atoms with Crippen molar-refractivity contribution in [3.8, 4) is 0 Å². The summed E-state index contributed by atoms with van der Waals surface area (Å²) in [7, 11) is 1.40. The van der Waals surface area contributed by atoms with Gasteiger partial charge in [0.2, 0.25) is 0 Å². The normalized spacial score (nSPS) is 21.3. The highest BCUT2D eigenvalue weighted by Crippen LogP contribution is 2.14. The van der Waals surface area contributed by atoms with Gasteiger partial charge in [-0.2, -0.15) is 0 Å². The Balaban J connectivity index is 2.50. The van der Waals surface area contributed by atoms with E-state index in [4.69, 9.17) is 11.0 Å². The van der Waals surface area contributed by atoms with Crippen LogP contribution in [0.3, 0.4) is 0 Å². The highest BCUT2D eigenvalue weighted by atomic mass is 16.3. The second kappa shape index (κ2) is 5.89. The van der Waals surface area contributed by atoms with Crippen molar-refractivity contribution in [2.45, 2.75) is 45.7 Å². The monoisotopic (exact) mass is 301 g/mol. The zero-order chi connectivity index (χ0) is 22.5. The van der Waals surface area contributed by atoms with Gasteiger partial charge in [-0.15, -0.1) is 0 Å². The average molecular weight is 301 g/mol. The predicted octanol–water partition coefficient (Wildman–Crippen LogP) is 0.898. The van der Waals surface area contributed by atoms with Crippen molar-refractivity contribution in [2.24, 2.45) is 14.0 Å². The van der Waals surface area contributed by atoms with E-state index in [9.17, 15) is 14.7 Å². The van der Waals surface area contributed by atoms with Crippen molar-refractivity contribution in [1.29, 1.82) is 0 Å². The van der Waals surface area contributed by atoms with E-state index in [2.05, 4.69) is 0 Å². The molecule has 1 unspecified atom stereocenters. The second-order valence-electron chi connectivity index (χ2n) is 4.97. The van der Waals surface area contributed by atoms with Crippen LogP contribution in [-0.2, 0) is 20.6 Å². The van der Waals surface area contributed by atoms with Gasteiger partial charge in [0.25, 0.3) is 5.56 Å². The van der Waals surface area contributed by atoms with E-state index in [1.807, 2.05) is 0 Å². The second-order valence-corrected chi connectivity index (χ2v) is 4.97. The smallest absolute Gasteiger partial charge is 0.332 e. The lowest BCUT2D eigenvalue weighted by atomic mass is 10.2. The van der Waals surface area contributed by atoms with Crippen molar-refractivity contribution >= 4 is 11.0 Å². The summed E-state index contributed by atoms with van der Waals surface area (Å²) in [6, 6.07) is 0. The van der Waals surface area contributed by atoms with Crippen molar-refractivity contribution in [2.75, 3.05) is 0 Å². The van der Waals surface area contributed by atoms with Crippen LogP contribution in [0.1, 0.15) is 42.6 Å². The van der Waals surface area contributed by atoms with Gasteiger partial charge in [0.15, 0.2) is 0 Å². The molecule has 0 amide bonds. The first-order valence-electron chi connectivity index (χ1n) is 10.6. The summed E-state index contributed by atoms with van der Waals surface area (Å²) in [4.78, 5) is 25.6. The molecule has 0 aliphatic carbocycles. The van der Waals surface area contributed by atoms with Gasteiger partial charge < -0.3 is 9.67 Å². The largest absolute Gasteiger partial charge is 0.393 e. The molecule has 6 heteroatoms. The molecule has 0 fully saturated rings. The minimum atomic E-state index is -2.90. The number of hydrogen-bond donors (Lipinski definition) is 1.